The van der Waals surface area contributed by atoms with Crippen molar-refractivity contribution >= 4 is 45.7 Å². The van der Waals surface area contributed by atoms with Crippen LogP contribution in [0.4, 0.5) is 0 Å². The number of rotatable bonds is 4. The Morgan fingerprint density at radius 1 is 0.757 bits per heavy atom. The van der Waals surface area contributed by atoms with Crippen molar-refractivity contribution in [2.75, 3.05) is 0 Å². The van der Waals surface area contributed by atoms with Crippen molar-refractivity contribution < 1.29 is 8.83 Å². The van der Waals surface area contributed by atoms with Gasteiger partial charge in [0.05, 0.1) is 16.5 Å². The Morgan fingerprint density at radius 3 is 1.86 bits per heavy atom. The maximum absolute atomic E-state index is 13.3. The summed E-state index contributed by atoms with van der Waals surface area (Å²) in [6.07, 6.45) is 0. The van der Waals surface area contributed by atoms with Crippen molar-refractivity contribution in [2.45, 2.75) is 39.5 Å². The Balaban J connectivity index is 1.83. The average Bonchev–Trinajstić information content (AvgIpc) is 3.62. The van der Waals surface area contributed by atoms with E-state index in [4.69, 9.17) is 24.2 Å². The largest absolute Gasteiger partial charge is 0.461 e. The fraction of sp³-hybridized carbons (Fsp3) is 0.207. The molecule has 37 heavy (non-hydrogen) atoms. The van der Waals surface area contributed by atoms with Crippen molar-refractivity contribution in [2.24, 2.45) is 4.40 Å². The standard InChI is InChI=1S/C29H24N4O3S/c1-13(2)17-9-11-19(35-17)21-23(30)25(33-37)22(20-12-10-18(36-20)14(3)4)27-26(21)31-24-15-7-5-6-8-16(15)29(34)28(24)32-27/h5-14,30,37H,1-4H3/b30-23?,33-25-. The number of nitrogens with one attached hydrogen (secondary N) is 1. The third-order valence-electron chi connectivity index (χ3n) is 6.72. The van der Waals surface area contributed by atoms with Crippen LogP contribution in [0.5, 0.6) is 0 Å². The molecule has 8 heteroatoms. The average molecular weight is 509 g/mol. The van der Waals surface area contributed by atoms with Gasteiger partial charge in [0.2, 0.25) is 5.43 Å². The zero-order chi connectivity index (χ0) is 26.0. The number of nitrogens with zero attached hydrogens (tertiary/aromatic N) is 3. The van der Waals surface area contributed by atoms with E-state index in [1.807, 2.05) is 70.2 Å². The van der Waals surface area contributed by atoms with Gasteiger partial charge in [0, 0.05) is 22.6 Å². The van der Waals surface area contributed by atoms with Crippen LogP contribution in [0.25, 0.3) is 55.5 Å². The van der Waals surface area contributed by atoms with Crippen LogP contribution >= 0.6 is 12.8 Å². The third kappa shape index (κ3) is 3.47. The van der Waals surface area contributed by atoms with Crippen molar-refractivity contribution in [1.82, 2.24) is 9.97 Å². The summed E-state index contributed by atoms with van der Waals surface area (Å²) >= 11 is 4.23. The summed E-state index contributed by atoms with van der Waals surface area (Å²) < 4.78 is 16.5. The first-order valence-corrected chi connectivity index (χ1v) is 12.5. The van der Waals surface area contributed by atoms with Crippen LogP contribution in [0.15, 0.2) is 66.6 Å². The van der Waals surface area contributed by atoms with Gasteiger partial charge < -0.3 is 8.83 Å². The molecule has 0 saturated carbocycles. The Bertz CT molecular complexity index is 2010. The van der Waals surface area contributed by atoms with Gasteiger partial charge in [0.25, 0.3) is 0 Å². The quantitative estimate of drug-likeness (QED) is 0.277. The number of fused-ring (bicyclic) bond motifs is 4. The minimum Gasteiger partial charge on any atom is -0.461 e. The zero-order valence-corrected chi connectivity index (χ0v) is 21.7. The molecule has 0 unspecified atom stereocenters. The molecular formula is C29H24N4O3S. The van der Waals surface area contributed by atoms with Crippen LogP contribution in [0.1, 0.15) is 51.1 Å². The van der Waals surface area contributed by atoms with E-state index in [1.54, 1.807) is 6.07 Å². The summed E-state index contributed by atoms with van der Waals surface area (Å²) in [7, 11) is 0. The van der Waals surface area contributed by atoms with E-state index < -0.39 is 0 Å². The van der Waals surface area contributed by atoms with E-state index in [2.05, 4.69) is 17.2 Å². The van der Waals surface area contributed by atoms with Gasteiger partial charge in [-0.05, 0) is 37.1 Å². The summed E-state index contributed by atoms with van der Waals surface area (Å²) in [5.41, 5.74) is 2.34. The first-order valence-electron chi connectivity index (χ1n) is 12.1. The van der Waals surface area contributed by atoms with Crippen LogP contribution in [-0.4, -0.2) is 9.97 Å². The van der Waals surface area contributed by atoms with Crippen molar-refractivity contribution in [1.29, 1.82) is 5.41 Å². The zero-order valence-electron chi connectivity index (χ0n) is 20.8. The monoisotopic (exact) mass is 508 g/mol. The van der Waals surface area contributed by atoms with Crippen molar-refractivity contribution in [3.05, 3.63) is 81.0 Å². The molecule has 6 aromatic rings. The van der Waals surface area contributed by atoms with Crippen LogP contribution in [0, 0.1) is 5.41 Å². The van der Waals surface area contributed by atoms with Gasteiger partial charge in [-0.25, -0.2) is 14.4 Å². The molecule has 0 atom stereocenters. The van der Waals surface area contributed by atoms with Crippen molar-refractivity contribution in [3.8, 4) is 22.6 Å². The normalized spacial score (nSPS) is 12.8. The highest BCUT2D eigenvalue weighted by molar-refractivity contribution is 7.78. The smallest absolute Gasteiger partial charge is 0.214 e. The van der Waals surface area contributed by atoms with E-state index in [0.717, 1.165) is 16.9 Å². The molecule has 0 aliphatic rings. The molecule has 3 aromatic carbocycles. The SMILES string of the molecule is CC(C)c1ccc(-c2c(=N)/c(=N\S)c(-c3ccc(C(C)C)o3)c3nc4c(=O)c5ccccc5c4nc23)o1. The highest BCUT2D eigenvalue weighted by Crippen LogP contribution is 2.34. The molecule has 3 heterocycles. The molecule has 0 fully saturated rings. The van der Waals surface area contributed by atoms with Crippen LogP contribution in [0.2, 0.25) is 0 Å². The molecule has 184 valence electrons. The lowest BCUT2D eigenvalue weighted by molar-refractivity contribution is 0.497. The van der Waals surface area contributed by atoms with E-state index in [9.17, 15) is 4.79 Å². The number of furan rings is 2. The molecule has 0 aliphatic carbocycles. The molecule has 0 radical (unpaired) electrons. The summed E-state index contributed by atoms with van der Waals surface area (Å²) in [6.45, 7) is 8.15. The number of aromatic nitrogens is 2. The van der Waals surface area contributed by atoms with E-state index in [0.29, 0.717) is 44.6 Å². The second kappa shape index (κ2) is 8.52. The number of thiol groups is 1. The minimum atomic E-state index is -0.186. The minimum absolute atomic E-state index is 0.0940. The van der Waals surface area contributed by atoms with E-state index in [-0.39, 0.29) is 33.5 Å². The second-order valence-corrected chi connectivity index (χ2v) is 9.98. The predicted molar refractivity (Wildman–Crippen MR) is 147 cm³/mol. The molecule has 0 aliphatic heterocycles. The number of hydrogen-bond donors (Lipinski definition) is 2. The van der Waals surface area contributed by atoms with Gasteiger partial charge in [-0.3, -0.25) is 10.2 Å². The Morgan fingerprint density at radius 2 is 1.30 bits per heavy atom. The summed E-state index contributed by atoms with van der Waals surface area (Å²) in [6, 6.07) is 14.8. The molecule has 0 amide bonds. The van der Waals surface area contributed by atoms with Crippen molar-refractivity contribution in [3.63, 3.8) is 0 Å². The lowest BCUT2D eigenvalue weighted by Crippen LogP contribution is -2.29. The predicted octanol–water partition coefficient (Wildman–Crippen LogP) is 6.16. The Kier molecular flexibility index (Phi) is 5.38. The number of hydrogen-bond acceptors (Lipinski definition) is 8. The Labute approximate surface area is 217 Å². The van der Waals surface area contributed by atoms with Gasteiger partial charge in [-0.2, -0.15) is 0 Å². The lowest BCUT2D eigenvalue weighted by Gasteiger charge is -2.10. The van der Waals surface area contributed by atoms with Crippen LogP contribution in [0.3, 0.4) is 0 Å². The third-order valence-corrected chi connectivity index (χ3v) is 6.92. The highest BCUT2D eigenvalue weighted by Gasteiger charge is 2.25. The van der Waals surface area contributed by atoms with Gasteiger partial charge in [0.15, 0.2) is 0 Å². The van der Waals surface area contributed by atoms with Gasteiger partial charge in [-0.1, -0.05) is 52.0 Å². The first kappa shape index (κ1) is 23.4. The second-order valence-electron chi connectivity index (χ2n) is 9.78. The maximum Gasteiger partial charge on any atom is 0.214 e. The van der Waals surface area contributed by atoms with Crippen LogP contribution in [-0.2, 0) is 0 Å². The molecule has 7 nitrogen and oxygen atoms in total. The lowest BCUT2D eigenvalue weighted by atomic mass is 10.0. The topological polar surface area (TPSA) is 105 Å². The molecule has 0 spiro atoms. The van der Waals surface area contributed by atoms with Gasteiger partial charge >= 0.3 is 0 Å². The fourth-order valence-electron chi connectivity index (χ4n) is 4.79. The molecule has 0 saturated heterocycles. The summed E-state index contributed by atoms with van der Waals surface area (Å²) in [5, 5.41) is 10.8. The first-order chi connectivity index (χ1) is 17.8. The van der Waals surface area contributed by atoms with E-state index in [1.165, 1.54) is 0 Å². The van der Waals surface area contributed by atoms with Gasteiger partial charge in [-0.15, -0.1) is 0 Å². The van der Waals surface area contributed by atoms with E-state index >= 15 is 0 Å². The highest BCUT2D eigenvalue weighted by atomic mass is 32.1. The molecule has 6 rings (SSSR count). The maximum atomic E-state index is 13.3. The molecular weight excluding hydrogens is 484 g/mol. The molecule has 3 aromatic heterocycles. The van der Waals surface area contributed by atoms with Gasteiger partial charge in [0.1, 0.15) is 50.5 Å². The number of benzene rings is 2. The fourth-order valence-corrected chi connectivity index (χ4v) is 4.99. The molecule has 0 bridgehead atoms. The molecule has 1 N–H and O–H groups in total. The summed E-state index contributed by atoms with van der Waals surface area (Å²) in [4.78, 5) is 23.1. The summed E-state index contributed by atoms with van der Waals surface area (Å²) in [5.74, 6) is 2.88. The Hall–Kier alpha value is -4.04. The van der Waals surface area contributed by atoms with Crippen LogP contribution < -0.4 is 16.1 Å².